The molecule has 0 spiro atoms. The number of rotatable bonds is 2. The number of nitrogens with two attached hydrogens (primary N) is 1. The first kappa shape index (κ1) is 15.9. The van der Waals surface area contributed by atoms with Crippen molar-refractivity contribution < 1.29 is 27.4 Å². The Labute approximate surface area is 137 Å². The maximum Gasteiger partial charge on any atom is 0.417 e. The minimum Gasteiger partial charge on any atom is -0.494 e. The summed E-state index contributed by atoms with van der Waals surface area (Å²) in [5, 5.41) is 0. The van der Waals surface area contributed by atoms with Crippen LogP contribution in [0.5, 0.6) is 0 Å². The zero-order valence-electron chi connectivity index (χ0n) is 11.6. The highest BCUT2D eigenvalue weighted by Gasteiger charge is 2.43. The normalized spacial score (nSPS) is 24.1. The SMILES string of the molecule is NC1=C(c2cccc(C(F)(F)F)c2Br)C(=O)C(C2CC=CO2)O1. The van der Waals surface area contributed by atoms with Crippen LogP contribution in [-0.4, -0.2) is 18.0 Å². The Hall–Kier alpha value is -1.96. The van der Waals surface area contributed by atoms with Crippen LogP contribution in [0.15, 0.2) is 40.9 Å². The van der Waals surface area contributed by atoms with E-state index in [0.717, 1.165) is 6.07 Å². The van der Waals surface area contributed by atoms with Crippen LogP contribution in [0.1, 0.15) is 17.5 Å². The molecular weight excluding hydrogens is 379 g/mol. The third kappa shape index (κ3) is 2.71. The molecule has 8 heteroatoms. The molecular formula is C15H11BrF3NO3. The molecule has 122 valence electrons. The van der Waals surface area contributed by atoms with Gasteiger partial charge in [0.25, 0.3) is 0 Å². The Kier molecular flexibility index (Phi) is 3.87. The van der Waals surface area contributed by atoms with Gasteiger partial charge in [0.2, 0.25) is 5.78 Å². The standard InChI is InChI=1S/C15H11BrF3NO3/c16-11-7(3-1-4-8(11)15(17,18)19)10-12(21)13(23-14(10)20)9-5-2-6-22-9/h1-4,6,9,13H,5,20H2. The van der Waals surface area contributed by atoms with Gasteiger partial charge in [0, 0.05) is 16.5 Å². The maximum atomic E-state index is 13.0. The van der Waals surface area contributed by atoms with E-state index in [2.05, 4.69) is 15.9 Å². The van der Waals surface area contributed by atoms with Gasteiger partial charge in [-0.1, -0.05) is 12.1 Å². The molecule has 2 unspecified atom stereocenters. The molecule has 4 nitrogen and oxygen atoms in total. The highest BCUT2D eigenvalue weighted by Crippen LogP contribution is 2.41. The lowest BCUT2D eigenvalue weighted by atomic mass is 9.96. The summed E-state index contributed by atoms with van der Waals surface area (Å²) in [6.45, 7) is 0. The lowest BCUT2D eigenvalue weighted by molar-refractivity contribution is -0.138. The fourth-order valence-electron chi connectivity index (χ4n) is 2.56. The summed E-state index contributed by atoms with van der Waals surface area (Å²) >= 11 is 2.92. The molecule has 2 heterocycles. The summed E-state index contributed by atoms with van der Waals surface area (Å²) in [7, 11) is 0. The van der Waals surface area contributed by atoms with Crippen molar-refractivity contribution in [3.8, 4) is 0 Å². The number of ether oxygens (including phenoxy) is 2. The average Bonchev–Trinajstić information content (AvgIpc) is 3.07. The number of halogens is 4. The summed E-state index contributed by atoms with van der Waals surface area (Å²) in [6, 6.07) is 3.53. The minimum atomic E-state index is -4.55. The molecule has 0 aromatic heterocycles. The van der Waals surface area contributed by atoms with Crippen LogP contribution in [0, 0.1) is 0 Å². The van der Waals surface area contributed by atoms with E-state index in [4.69, 9.17) is 15.2 Å². The molecule has 0 amide bonds. The molecule has 1 aromatic carbocycles. The van der Waals surface area contributed by atoms with Gasteiger partial charge in [0.05, 0.1) is 17.4 Å². The molecule has 2 aliphatic rings. The maximum absolute atomic E-state index is 13.0. The van der Waals surface area contributed by atoms with Crippen LogP contribution >= 0.6 is 15.9 Å². The minimum absolute atomic E-state index is 0.0516. The number of Topliss-reactive ketones (excluding diaryl/α,β-unsaturated/α-hetero) is 1. The van der Waals surface area contributed by atoms with E-state index in [1.807, 2.05) is 0 Å². The van der Waals surface area contributed by atoms with Crippen LogP contribution < -0.4 is 5.73 Å². The first-order valence-electron chi connectivity index (χ1n) is 6.68. The highest BCUT2D eigenvalue weighted by molar-refractivity contribution is 9.10. The van der Waals surface area contributed by atoms with Crippen molar-refractivity contribution in [1.82, 2.24) is 0 Å². The Morgan fingerprint density at radius 2 is 2.04 bits per heavy atom. The summed E-state index contributed by atoms with van der Waals surface area (Å²) in [5.74, 6) is -0.688. The monoisotopic (exact) mass is 389 g/mol. The van der Waals surface area contributed by atoms with E-state index in [9.17, 15) is 18.0 Å². The van der Waals surface area contributed by atoms with Gasteiger partial charge in [0.1, 0.15) is 6.10 Å². The van der Waals surface area contributed by atoms with Gasteiger partial charge < -0.3 is 15.2 Å². The van der Waals surface area contributed by atoms with Crippen LogP contribution in [0.25, 0.3) is 5.57 Å². The molecule has 0 bridgehead atoms. The van der Waals surface area contributed by atoms with E-state index in [1.54, 1.807) is 6.08 Å². The third-order valence-electron chi connectivity index (χ3n) is 3.63. The molecule has 2 atom stereocenters. The van der Waals surface area contributed by atoms with Crippen LogP contribution in [-0.2, 0) is 20.4 Å². The van der Waals surface area contributed by atoms with E-state index >= 15 is 0 Å². The summed E-state index contributed by atoms with van der Waals surface area (Å²) < 4.78 is 49.4. The van der Waals surface area contributed by atoms with Gasteiger partial charge in [0.15, 0.2) is 12.0 Å². The molecule has 3 rings (SSSR count). The second-order valence-electron chi connectivity index (χ2n) is 5.09. The largest absolute Gasteiger partial charge is 0.494 e. The summed E-state index contributed by atoms with van der Waals surface area (Å²) in [4.78, 5) is 12.5. The Bertz CT molecular complexity index is 719. The second kappa shape index (κ2) is 5.59. The van der Waals surface area contributed by atoms with Crippen LogP contribution in [0.4, 0.5) is 13.2 Å². The van der Waals surface area contributed by atoms with Crippen molar-refractivity contribution >= 4 is 27.3 Å². The van der Waals surface area contributed by atoms with Gasteiger partial charge in [-0.15, -0.1) is 0 Å². The molecule has 0 fully saturated rings. The van der Waals surface area contributed by atoms with Crippen LogP contribution in [0.2, 0.25) is 0 Å². The van der Waals surface area contributed by atoms with Crippen molar-refractivity contribution in [2.45, 2.75) is 24.8 Å². The third-order valence-corrected chi connectivity index (χ3v) is 4.49. The fourth-order valence-corrected chi connectivity index (χ4v) is 3.25. The van der Waals surface area contributed by atoms with Crippen molar-refractivity contribution in [1.29, 1.82) is 0 Å². The first-order chi connectivity index (χ1) is 10.8. The summed E-state index contributed by atoms with van der Waals surface area (Å²) in [6.07, 6.45) is -2.37. The number of alkyl halides is 3. The molecule has 2 N–H and O–H groups in total. The van der Waals surface area contributed by atoms with Crippen molar-refractivity contribution in [2.75, 3.05) is 0 Å². The number of hydrogen-bond acceptors (Lipinski definition) is 4. The smallest absolute Gasteiger partial charge is 0.417 e. The van der Waals surface area contributed by atoms with Gasteiger partial charge in [-0.3, -0.25) is 4.79 Å². The first-order valence-corrected chi connectivity index (χ1v) is 7.47. The molecule has 0 saturated carbocycles. The Morgan fingerprint density at radius 3 is 2.65 bits per heavy atom. The van der Waals surface area contributed by atoms with Crippen molar-refractivity contribution in [3.05, 3.63) is 52.0 Å². The Balaban J connectivity index is 1.99. The van der Waals surface area contributed by atoms with Crippen molar-refractivity contribution in [2.24, 2.45) is 5.73 Å². The lowest BCUT2D eigenvalue weighted by Crippen LogP contribution is -2.32. The quantitative estimate of drug-likeness (QED) is 0.842. The highest BCUT2D eigenvalue weighted by atomic mass is 79.9. The van der Waals surface area contributed by atoms with Gasteiger partial charge in [-0.2, -0.15) is 13.2 Å². The number of ketones is 1. The predicted molar refractivity (Wildman–Crippen MR) is 78.8 cm³/mol. The zero-order chi connectivity index (χ0) is 16.8. The number of carbonyl (C=O) groups excluding carboxylic acids is 1. The molecule has 0 radical (unpaired) electrons. The predicted octanol–water partition coefficient (Wildman–Crippen LogP) is 3.37. The van der Waals surface area contributed by atoms with E-state index in [-0.39, 0.29) is 21.5 Å². The molecule has 23 heavy (non-hydrogen) atoms. The molecule has 1 aromatic rings. The molecule has 0 saturated heterocycles. The molecule has 0 aliphatic carbocycles. The van der Waals surface area contributed by atoms with Gasteiger partial charge in [-0.05, 0) is 28.1 Å². The summed E-state index contributed by atoms with van der Waals surface area (Å²) in [5.41, 5.74) is 4.85. The van der Waals surface area contributed by atoms with E-state index in [0.29, 0.717) is 6.42 Å². The van der Waals surface area contributed by atoms with Crippen molar-refractivity contribution in [3.63, 3.8) is 0 Å². The topological polar surface area (TPSA) is 61.6 Å². The number of benzene rings is 1. The second-order valence-corrected chi connectivity index (χ2v) is 5.88. The van der Waals surface area contributed by atoms with Gasteiger partial charge in [-0.25, -0.2) is 0 Å². The van der Waals surface area contributed by atoms with E-state index < -0.39 is 29.7 Å². The van der Waals surface area contributed by atoms with E-state index in [1.165, 1.54) is 18.4 Å². The number of carbonyl (C=O) groups is 1. The van der Waals surface area contributed by atoms with Crippen LogP contribution in [0.3, 0.4) is 0 Å². The van der Waals surface area contributed by atoms with Gasteiger partial charge >= 0.3 is 6.18 Å². The zero-order valence-corrected chi connectivity index (χ0v) is 13.1. The Morgan fingerprint density at radius 1 is 1.30 bits per heavy atom. The fraction of sp³-hybridized carbons (Fsp3) is 0.267. The lowest BCUT2D eigenvalue weighted by Gasteiger charge is -2.17. The number of hydrogen-bond donors (Lipinski definition) is 1. The average molecular weight is 390 g/mol. The molecule has 2 aliphatic heterocycles.